The van der Waals surface area contributed by atoms with Crippen LogP contribution in [0.3, 0.4) is 0 Å². The van der Waals surface area contributed by atoms with Gasteiger partial charge in [0, 0.05) is 9.50 Å². The van der Waals surface area contributed by atoms with E-state index in [4.69, 9.17) is 16.3 Å². The minimum Gasteiger partial charge on any atom is -0.495 e. The lowest BCUT2D eigenvalue weighted by Crippen LogP contribution is -2.09. The largest absolute Gasteiger partial charge is 0.495 e. The van der Waals surface area contributed by atoms with Crippen molar-refractivity contribution in [2.24, 2.45) is 0 Å². The molecule has 0 aromatic heterocycles. The molecular weight excluding hydrogens is 350 g/mol. The number of methoxy groups -OCH3 is 1. The molecule has 0 bridgehead atoms. The van der Waals surface area contributed by atoms with E-state index >= 15 is 0 Å². The number of anilines is 1. The molecule has 1 unspecified atom stereocenters. The number of hydrogen-bond donors (Lipinski definition) is 1. The summed E-state index contributed by atoms with van der Waals surface area (Å²) in [5, 5.41) is 4.45. The van der Waals surface area contributed by atoms with Gasteiger partial charge in [-0.05, 0) is 60.7 Å². The molecule has 1 aliphatic rings. The molecular formula is C17H17BrClNO. The molecule has 0 fully saturated rings. The fourth-order valence-corrected chi connectivity index (χ4v) is 3.71. The predicted molar refractivity (Wildman–Crippen MR) is 91.6 cm³/mol. The molecule has 0 saturated heterocycles. The van der Waals surface area contributed by atoms with Gasteiger partial charge in [0.05, 0.1) is 18.8 Å². The molecule has 2 nitrogen and oxygen atoms in total. The van der Waals surface area contributed by atoms with Crippen LogP contribution in [0, 0.1) is 6.92 Å². The number of halogens is 2. The summed E-state index contributed by atoms with van der Waals surface area (Å²) in [7, 11) is 1.70. The minimum absolute atomic E-state index is 0.311. The van der Waals surface area contributed by atoms with Crippen molar-refractivity contribution in [1.82, 2.24) is 0 Å². The first-order chi connectivity index (χ1) is 10.1. The molecule has 1 atom stereocenters. The van der Waals surface area contributed by atoms with Crippen molar-refractivity contribution in [2.45, 2.75) is 25.8 Å². The van der Waals surface area contributed by atoms with Crippen LogP contribution in [0.1, 0.15) is 29.2 Å². The smallest absolute Gasteiger partial charge is 0.143 e. The van der Waals surface area contributed by atoms with Gasteiger partial charge in [-0.1, -0.05) is 33.6 Å². The Morgan fingerprint density at radius 3 is 2.86 bits per heavy atom. The lowest BCUT2D eigenvalue weighted by atomic mass is 10.1. The summed E-state index contributed by atoms with van der Waals surface area (Å²) < 4.78 is 6.54. The summed E-state index contributed by atoms with van der Waals surface area (Å²) >= 11 is 9.59. The topological polar surface area (TPSA) is 21.3 Å². The molecule has 21 heavy (non-hydrogen) atoms. The standard InChI is InChI=1S/C17H17BrClNO/c1-10-7-12(18)9-16(21-2)17(10)20-15-6-3-11-8-13(19)4-5-14(11)15/h4-5,7-9,15,20H,3,6H2,1-2H3. The number of fused-ring (bicyclic) bond motifs is 1. The fourth-order valence-electron chi connectivity index (χ4n) is 2.97. The van der Waals surface area contributed by atoms with Crippen molar-refractivity contribution < 1.29 is 4.74 Å². The highest BCUT2D eigenvalue weighted by Crippen LogP contribution is 2.39. The van der Waals surface area contributed by atoms with Crippen LogP contribution in [0.2, 0.25) is 5.02 Å². The van der Waals surface area contributed by atoms with Crippen molar-refractivity contribution in [3.05, 3.63) is 56.5 Å². The Morgan fingerprint density at radius 1 is 1.29 bits per heavy atom. The SMILES string of the molecule is COc1cc(Br)cc(C)c1NC1CCc2cc(Cl)ccc21. The van der Waals surface area contributed by atoms with Gasteiger partial charge in [0.25, 0.3) is 0 Å². The lowest BCUT2D eigenvalue weighted by Gasteiger charge is -2.20. The monoisotopic (exact) mass is 365 g/mol. The van der Waals surface area contributed by atoms with Gasteiger partial charge in [0.1, 0.15) is 5.75 Å². The van der Waals surface area contributed by atoms with E-state index in [1.54, 1.807) is 7.11 Å². The molecule has 3 rings (SSSR count). The molecule has 0 heterocycles. The number of ether oxygens (including phenoxy) is 1. The van der Waals surface area contributed by atoms with Crippen LogP contribution in [0.4, 0.5) is 5.69 Å². The minimum atomic E-state index is 0.311. The van der Waals surface area contributed by atoms with E-state index in [1.165, 1.54) is 16.7 Å². The number of aryl methyl sites for hydroxylation is 2. The zero-order valence-corrected chi connectivity index (χ0v) is 14.4. The maximum Gasteiger partial charge on any atom is 0.143 e. The third kappa shape index (κ3) is 2.90. The van der Waals surface area contributed by atoms with Crippen LogP contribution in [0.25, 0.3) is 0 Å². The molecule has 0 aliphatic heterocycles. The maximum atomic E-state index is 6.08. The summed E-state index contributed by atoms with van der Waals surface area (Å²) in [4.78, 5) is 0. The second-order valence-corrected chi connectivity index (χ2v) is 6.73. The molecule has 2 aromatic carbocycles. The Balaban J connectivity index is 1.93. The number of nitrogens with one attached hydrogen (secondary N) is 1. The number of benzene rings is 2. The van der Waals surface area contributed by atoms with Crippen LogP contribution >= 0.6 is 27.5 Å². The molecule has 2 aromatic rings. The fraction of sp³-hybridized carbons (Fsp3) is 0.294. The Kier molecular flexibility index (Phi) is 4.14. The van der Waals surface area contributed by atoms with E-state index < -0.39 is 0 Å². The molecule has 0 amide bonds. The van der Waals surface area contributed by atoms with Crippen LogP contribution < -0.4 is 10.1 Å². The second-order valence-electron chi connectivity index (χ2n) is 5.38. The van der Waals surface area contributed by atoms with Gasteiger partial charge >= 0.3 is 0 Å². The van der Waals surface area contributed by atoms with Gasteiger partial charge in [-0.25, -0.2) is 0 Å². The first kappa shape index (κ1) is 14.7. The normalized spacial score (nSPS) is 16.7. The first-order valence-corrected chi connectivity index (χ1v) is 8.14. The summed E-state index contributed by atoms with van der Waals surface area (Å²) in [6, 6.07) is 10.6. The Hall–Kier alpha value is -1.19. The Morgan fingerprint density at radius 2 is 2.10 bits per heavy atom. The van der Waals surface area contributed by atoms with E-state index in [2.05, 4.69) is 46.4 Å². The average molecular weight is 367 g/mol. The molecule has 0 spiro atoms. The van der Waals surface area contributed by atoms with Crippen LogP contribution in [-0.4, -0.2) is 7.11 Å². The molecule has 0 saturated carbocycles. The zero-order valence-electron chi connectivity index (χ0n) is 12.0. The number of hydrogen-bond acceptors (Lipinski definition) is 2. The van der Waals surface area contributed by atoms with E-state index in [1.807, 2.05) is 12.1 Å². The molecule has 4 heteroatoms. The van der Waals surface area contributed by atoms with Crippen molar-refractivity contribution in [2.75, 3.05) is 12.4 Å². The van der Waals surface area contributed by atoms with E-state index in [0.29, 0.717) is 6.04 Å². The third-order valence-corrected chi connectivity index (χ3v) is 4.68. The maximum absolute atomic E-state index is 6.08. The second kappa shape index (κ2) is 5.90. The average Bonchev–Trinajstić information content (AvgIpc) is 2.83. The summed E-state index contributed by atoms with van der Waals surface area (Å²) in [5.41, 5.74) is 4.91. The van der Waals surface area contributed by atoms with E-state index in [9.17, 15) is 0 Å². The van der Waals surface area contributed by atoms with Crippen LogP contribution in [0.15, 0.2) is 34.8 Å². The van der Waals surface area contributed by atoms with Crippen molar-refractivity contribution in [3.63, 3.8) is 0 Å². The van der Waals surface area contributed by atoms with Crippen molar-refractivity contribution in [1.29, 1.82) is 0 Å². The lowest BCUT2D eigenvalue weighted by molar-refractivity contribution is 0.415. The zero-order chi connectivity index (χ0) is 15.0. The third-order valence-electron chi connectivity index (χ3n) is 3.99. The van der Waals surface area contributed by atoms with Crippen LogP contribution in [-0.2, 0) is 6.42 Å². The van der Waals surface area contributed by atoms with Gasteiger partial charge in [0.15, 0.2) is 0 Å². The highest BCUT2D eigenvalue weighted by atomic mass is 79.9. The first-order valence-electron chi connectivity index (χ1n) is 6.97. The predicted octanol–water partition coefficient (Wildman–Crippen LogP) is 5.52. The molecule has 0 radical (unpaired) electrons. The van der Waals surface area contributed by atoms with E-state index in [0.717, 1.165) is 33.8 Å². The molecule has 1 aliphatic carbocycles. The van der Waals surface area contributed by atoms with Gasteiger partial charge in [-0.3, -0.25) is 0 Å². The van der Waals surface area contributed by atoms with Gasteiger partial charge in [-0.15, -0.1) is 0 Å². The summed E-state index contributed by atoms with van der Waals surface area (Å²) in [6.07, 6.45) is 2.14. The van der Waals surface area contributed by atoms with Crippen LogP contribution in [0.5, 0.6) is 5.75 Å². The summed E-state index contributed by atoms with van der Waals surface area (Å²) in [5.74, 6) is 0.865. The Labute approximate surface area is 138 Å². The van der Waals surface area contributed by atoms with Gasteiger partial charge in [-0.2, -0.15) is 0 Å². The Bertz CT molecular complexity index is 687. The van der Waals surface area contributed by atoms with Crippen molar-refractivity contribution >= 4 is 33.2 Å². The van der Waals surface area contributed by atoms with Gasteiger partial charge < -0.3 is 10.1 Å². The highest BCUT2D eigenvalue weighted by molar-refractivity contribution is 9.10. The number of rotatable bonds is 3. The van der Waals surface area contributed by atoms with Crippen molar-refractivity contribution in [3.8, 4) is 5.75 Å². The van der Waals surface area contributed by atoms with Gasteiger partial charge in [0.2, 0.25) is 0 Å². The highest BCUT2D eigenvalue weighted by Gasteiger charge is 2.24. The summed E-state index contributed by atoms with van der Waals surface area (Å²) in [6.45, 7) is 2.09. The van der Waals surface area contributed by atoms with E-state index in [-0.39, 0.29) is 0 Å². The quantitative estimate of drug-likeness (QED) is 0.772. The molecule has 110 valence electrons. The molecule has 1 N–H and O–H groups in total.